The van der Waals surface area contributed by atoms with E-state index in [0.717, 1.165) is 43.6 Å². The Morgan fingerprint density at radius 3 is 2.48 bits per heavy atom. The molecule has 1 aliphatic carbocycles. The summed E-state index contributed by atoms with van der Waals surface area (Å²) in [7, 11) is 0. The molecule has 1 aromatic heterocycles. The van der Waals surface area contributed by atoms with E-state index >= 15 is 0 Å². The molecule has 1 saturated carbocycles. The molecule has 0 bridgehead atoms. The van der Waals surface area contributed by atoms with E-state index in [1.54, 1.807) is 0 Å². The maximum atomic E-state index is 12.6. The van der Waals surface area contributed by atoms with Gasteiger partial charge in [0.05, 0.1) is 5.52 Å². The number of fused-ring (bicyclic) bond motifs is 1. The zero-order valence-corrected chi connectivity index (χ0v) is 18.6. The first-order valence-corrected chi connectivity index (χ1v) is 11.3. The van der Waals surface area contributed by atoms with Crippen LogP contribution in [0.25, 0.3) is 22.0 Å². The van der Waals surface area contributed by atoms with E-state index in [9.17, 15) is 4.79 Å². The van der Waals surface area contributed by atoms with Gasteiger partial charge in [0.15, 0.2) is 0 Å². The minimum atomic E-state index is 0.175. The Morgan fingerprint density at radius 2 is 1.81 bits per heavy atom. The fourth-order valence-electron chi connectivity index (χ4n) is 4.75. The summed E-state index contributed by atoms with van der Waals surface area (Å²) in [5.74, 6) is 1.47. The van der Waals surface area contributed by atoms with Gasteiger partial charge < -0.3 is 9.64 Å². The number of hydrogen-bond donors (Lipinski definition) is 0. The van der Waals surface area contributed by atoms with Crippen LogP contribution in [0.5, 0.6) is 5.75 Å². The third-order valence-electron chi connectivity index (χ3n) is 6.98. The summed E-state index contributed by atoms with van der Waals surface area (Å²) >= 11 is 0. The third-order valence-corrected chi connectivity index (χ3v) is 6.98. The van der Waals surface area contributed by atoms with Crippen LogP contribution in [0.3, 0.4) is 0 Å². The van der Waals surface area contributed by atoms with Crippen LogP contribution in [0.2, 0.25) is 0 Å². The topological polar surface area (TPSA) is 42.4 Å². The molecule has 0 N–H and O–H groups in total. The molecule has 5 rings (SSSR count). The molecule has 4 nitrogen and oxygen atoms in total. The van der Waals surface area contributed by atoms with Crippen LogP contribution in [-0.2, 0) is 4.79 Å². The summed E-state index contributed by atoms with van der Waals surface area (Å²) in [6.07, 6.45) is 4.84. The maximum Gasteiger partial charge on any atom is 0.226 e. The molecule has 0 radical (unpaired) electrons. The molecule has 2 aromatic carbocycles. The number of amides is 1. The largest absolute Gasteiger partial charge is 0.490 e. The molecular formula is C27H30N2O2. The first-order valence-electron chi connectivity index (χ1n) is 11.3. The minimum Gasteiger partial charge on any atom is -0.490 e. The number of carbonyl (C=O) groups excluding carboxylic acids is 1. The highest BCUT2D eigenvalue weighted by Gasteiger charge is 2.52. The fourth-order valence-corrected chi connectivity index (χ4v) is 4.75. The van der Waals surface area contributed by atoms with Gasteiger partial charge in [-0.1, -0.05) is 32.0 Å². The van der Waals surface area contributed by atoms with Crippen LogP contribution in [0.4, 0.5) is 0 Å². The summed E-state index contributed by atoms with van der Waals surface area (Å²) in [5.41, 5.74) is 4.83. The van der Waals surface area contributed by atoms with Crippen LogP contribution < -0.4 is 4.74 Å². The number of aromatic nitrogens is 1. The lowest BCUT2D eigenvalue weighted by atomic mass is 9.98. The molecular weight excluding hydrogens is 384 g/mol. The van der Waals surface area contributed by atoms with Gasteiger partial charge >= 0.3 is 0 Å². The minimum absolute atomic E-state index is 0.175. The van der Waals surface area contributed by atoms with Gasteiger partial charge in [-0.3, -0.25) is 9.78 Å². The van der Waals surface area contributed by atoms with Gasteiger partial charge in [0.1, 0.15) is 11.9 Å². The number of ether oxygens (including phenoxy) is 1. The normalized spacial score (nSPS) is 20.6. The standard InChI is InChI=1S/C27H30N2O2/c1-18-15-20-5-4-12-28-25(20)16-23(18)19-6-8-21(9-7-19)31-22-10-13-29(14-11-22)26(30)24-17-27(24,2)3/h4-9,12,15-16,22,24H,10-11,13-14,17H2,1-3H3. The summed E-state index contributed by atoms with van der Waals surface area (Å²) in [5, 5.41) is 1.17. The molecule has 2 fully saturated rings. The Balaban J connectivity index is 1.22. The number of rotatable bonds is 4. The lowest BCUT2D eigenvalue weighted by molar-refractivity contribution is -0.135. The lowest BCUT2D eigenvalue weighted by Crippen LogP contribution is -2.42. The highest BCUT2D eigenvalue weighted by Crippen LogP contribution is 2.52. The number of carbonyl (C=O) groups is 1. The number of nitrogens with zero attached hydrogens (tertiary/aromatic N) is 2. The van der Waals surface area contributed by atoms with Crippen molar-refractivity contribution in [1.82, 2.24) is 9.88 Å². The zero-order chi connectivity index (χ0) is 21.6. The van der Waals surface area contributed by atoms with E-state index in [4.69, 9.17) is 4.74 Å². The molecule has 1 atom stereocenters. The average molecular weight is 415 g/mol. The first kappa shape index (κ1) is 20.0. The Hall–Kier alpha value is -2.88. The maximum absolute atomic E-state index is 12.6. The van der Waals surface area contributed by atoms with Crippen molar-refractivity contribution >= 4 is 16.8 Å². The highest BCUT2D eigenvalue weighted by atomic mass is 16.5. The second-order valence-electron chi connectivity index (χ2n) is 9.78. The predicted molar refractivity (Wildman–Crippen MR) is 124 cm³/mol. The second kappa shape index (κ2) is 7.67. The summed E-state index contributed by atoms with van der Waals surface area (Å²) < 4.78 is 6.24. The number of hydrogen-bond acceptors (Lipinski definition) is 3. The van der Waals surface area contributed by atoms with E-state index in [-0.39, 0.29) is 17.4 Å². The van der Waals surface area contributed by atoms with Gasteiger partial charge in [-0.25, -0.2) is 0 Å². The molecule has 4 heteroatoms. The van der Waals surface area contributed by atoms with Crippen molar-refractivity contribution < 1.29 is 9.53 Å². The van der Waals surface area contributed by atoms with Gasteiger partial charge in [0.2, 0.25) is 5.91 Å². The van der Waals surface area contributed by atoms with Gasteiger partial charge in [-0.05, 0) is 65.8 Å². The van der Waals surface area contributed by atoms with Gasteiger partial charge in [0.25, 0.3) is 0 Å². The average Bonchev–Trinajstić information content (AvgIpc) is 3.42. The SMILES string of the molecule is Cc1cc2cccnc2cc1-c1ccc(OC2CCN(C(=O)C3CC3(C)C)CC2)cc1. The molecule has 0 spiro atoms. The molecule has 2 aliphatic rings. The molecule has 1 unspecified atom stereocenters. The predicted octanol–water partition coefficient (Wildman–Crippen LogP) is 5.63. The summed E-state index contributed by atoms with van der Waals surface area (Å²) in [4.78, 5) is 19.1. The monoisotopic (exact) mass is 414 g/mol. The van der Waals surface area contributed by atoms with Gasteiger partial charge in [-0.2, -0.15) is 0 Å². The van der Waals surface area contributed by atoms with Crippen LogP contribution in [0.1, 0.15) is 38.7 Å². The Bertz CT molecular complexity index is 1110. The van der Waals surface area contributed by atoms with Gasteiger partial charge in [0, 0.05) is 43.4 Å². The van der Waals surface area contributed by atoms with Crippen LogP contribution in [0, 0.1) is 18.3 Å². The van der Waals surface area contributed by atoms with Crippen molar-refractivity contribution in [2.24, 2.45) is 11.3 Å². The summed E-state index contributed by atoms with van der Waals surface area (Å²) in [6.45, 7) is 8.12. The first-order chi connectivity index (χ1) is 14.9. The van der Waals surface area contributed by atoms with Crippen molar-refractivity contribution in [3.8, 4) is 16.9 Å². The van der Waals surface area contributed by atoms with Crippen LogP contribution >= 0.6 is 0 Å². The fraction of sp³-hybridized carbons (Fsp3) is 0.407. The summed E-state index contributed by atoms with van der Waals surface area (Å²) in [6, 6.07) is 16.8. The van der Waals surface area contributed by atoms with Crippen molar-refractivity contribution in [2.45, 2.75) is 46.1 Å². The van der Waals surface area contributed by atoms with Crippen LogP contribution in [0.15, 0.2) is 54.7 Å². The third kappa shape index (κ3) is 4.04. The Morgan fingerprint density at radius 1 is 1.10 bits per heavy atom. The van der Waals surface area contributed by atoms with E-state index in [0.29, 0.717) is 5.91 Å². The molecule has 160 valence electrons. The molecule has 31 heavy (non-hydrogen) atoms. The molecule has 3 aromatic rings. The number of piperidine rings is 1. The van der Waals surface area contributed by atoms with Crippen molar-refractivity contribution in [1.29, 1.82) is 0 Å². The number of benzene rings is 2. The molecule has 1 amide bonds. The lowest BCUT2D eigenvalue weighted by Gasteiger charge is -2.32. The van der Waals surface area contributed by atoms with Crippen molar-refractivity contribution in [3.05, 3.63) is 60.3 Å². The number of likely N-dealkylation sites (tertiary alicyclic amines) is 1. The Labute approximate surface area is 184 Å². The Kier molecular flexibility index (Phi) is 4.96. The molecule has 2 heterocycles. The van der Waals surface area contributed by atoms with Crippen molar-refractivity contribution in [3.63, 3.8) is 0 Å². The second-order valence-corrected chi connectivity index (χ2v) is 9.78. The quantitative estimate of drug-likeness (QED) is 0.556. The molecule has 1 saturated heterocycles. The molecule has 1 aliphatic heterocycles. The van der Waals surface area contributed by atoms with E-state index in [1.807, 2.05) is 17.2 Å². The smallest absolute Gasteiger partial charge is 0.226 e. The van der Waals surface area contributed by atoms with Crippen LogP contribution in [-0.4, -0.2) is 35.0 Å². The van der Waals surface area contributed by atoms with E-state index in [2.05, 4.69) is 68.2 Å². The van der Waals surface area contributed by atoms with E-state index < -0.39 is 0 Å². The van der Waals surface area contributed by atoms with Gasteiger partial charge in [-0.15, -0.1) is 0 Å². The zero-order valence-electron chi connectivity index (χ0n) is 18.6. The number of aryl methyl sites for hydroxylation is 1. The van der Waals surface area contributed by atoms with Crippen molar-refractivity contribution in [2.75, 3.05) is 13.1 Å². The van der Waals surface area contributed by atoms with E-state index in [1.165, 1.54) is 22.1 Å². The number of pyridine rings is 1. The highest BCUT2D eigenvalue weighted by molar-refractivity contribution is 5.86.